The lowest BCUT2D eigenvalue weighted by atomic mass is 9.92. The molecule has 0 radical (unpaired) electrons. The van der Waals surface area contributed by atoms with Crippen LogP contribution in [0.2, 0.25) is 5.02 Å². The van der Waals surface area contributed by atoms with Gasteiger partial charge in [-0.3, -0.25) is 9.78 Å². The van der Waals surface area contributed by atoms with Gasteiger partial charge in [0.25, 0.3) is 0 Å². The van der Waals surface area contributed by atoms with E-state index in [1.165, 1.54) is 31.2 Å². The summed E-state index contributed by atoms with van der Waals surface area (Å²) in [5.74, 6) is -0.392. The summed E-state index contributed by atoms with van der Waals surface area (Å²) in [6.07, 6.45) is 30.2. The van der Waals surface area contributed by atoms with Crippen LogP contribution in [0.3, 0.4) is 0 Å². The van der Waals surface area contributed by atoms with E-state index in [4.69, 9.17) is 16.7 Å². The van der Waals surface area contributed by atoms with Gasteiger partial charge in [0.2, 0.25) is 0 Å². The summed E-state index contributed by atoms with van der Waals surface area (Å²) in [5.41, 5.74) is 2.39. The van der Waals surface area contributed by atoms with E-state index in [-0.39, 0.29) is 6.42 Å². The van der Waals surface area contributed by atoms with Crippen molar-refractivity contribution < 1.29 is 9.90 Å². The standard InChI is InChI=1S/C20H32O2.C16H19ClN2/c1-2-3-4-5-6-7-8-9-10-11-12-13-14-15-16-17-18-19-20(21)22;1-19(2)12-10-15(16-5-3-4-11-18-16)13-6-8-14(17)9-7-13/h6-7,9-10,12-13,15-16H,2-5,8,11,14,17-19H2,1H3,(H,21,22);3-9,11,15H,10,12H2,1-2H3/b7-6-,10-9-,13-12-,16-15-;. The Morgan fingerprint density at radius 3 is 1.95 bits per heavy atom. The summed E-state index contributed by atoms with van der Waals surface area (Å²) in [4.78, 5) is 17.0. The Bertz CT molecular complexity index is 1030. The number of aliphatic carboxylic acids is 1. The molecule has 1 atom stereocenters. The highest BCUT2D eigenvalue weighted by atomic mass is 35.5. The lowest BCUT2D eigenvalue weighted by Gasteiger charge is -2.19. The van der Waals surface area contributed by atoms with Gasteiger partial charge < -0.3 is 10.0 Å². The summed E-state index contributed by atoms with van der Waals surface area (Å²) in [6, 6.07) is 14.2. The highest BCUT2D eigenvalue weighted by molar-refractivity contribution is 6.30. The average Bonchev–Trinajstić information content (AvgIpc) is 2.96. The molecule has 0 spiro atoms. The molecular weight excluding hydrogens is 528 g/mol. The number of aromatic nitrogens is 1. The number of benzene rings is 1. The third kappa shape index (κ3) is 20.6. The maximum atomic E-state index is 10.3. The Hall–Kier alpha value is -2.95. The van der Waals surface area contributed by atoms with E-state index in [1.54, 1.807) is 0 Å². The van der Waals surface area contributed by atoms with Gasteiger partial charge in [-0.1, -0.05) is 98.2 Å². The first-order chi connectivity index (χ1) is 19.9. The van der Waals surface area contributed by atoms with E-state index < -0.39 is 5.97 Å². The number of hydrogen-bond acceptors (Lipinski definition) is 3. The van der Waals surface area contributed by atoms with E-state index in [1.807, 2.05) is 30.5 Å². The van der Waals surface area contributed by atoms with Gasteiger partial charge in [-0.15, -0.1) is 0 Å². The van der Waals surface area contributed by atoms with Crippen LogP contribution in [0.15, 0.2) is 97.3 Å². The van der Waals surface area contributed by atoms with Crippen LogP contribution in [0.5, 0.6) is 0 Å². The molecule has 5 heteroatoms. The van der Waals surface area contributed by atoms with Crippen molar-refractivity contribution in [3.63, 3.8) is 0 Å². The minimum atomic E-state index is -0.712. The normalized spacial score (nSPS) is 12.5. The fourth-order valence-electron chi connectivity index (χ4n) is 4.08. The van der Waals surface area contributed by atoms with Crippen molar-refractivity contribution in [2.75, 3.05) is 20.6 Å². The largest absolute Gasteiger partial charge is 0.481 e. The molecule has 0 amide bonds. The Morgan fingerprint density at radius 1 is 0.854 bits per heavy atom. The molecule has 0 saturated heterocycles. The zero-order valence-corrected chi connectivity index (χ0v) is 26.2. The number of allylic oxidation sites excluding steroid dienone is 8. The highest BCUT2D eigenvalue weighted by Crippen LogP contribution is 2.27. The molecule has 0 saturated carbocycles. The first kappa shape index (κ1) is 36.1. The molecular formula is C36H51ClN2O2. The molecule has 0 aliphatic heterocycles. The molecule has 41 heavy (non-hydrogen) atoms. The third-order valence-electron chi connectivity index (χ3n) is 6.40. The second-order valence-electron chi connectivity index (χ2n) is 10.3. The van der Waals surface area contributed by atoms with Gasteiger partial charge >= 0.3 is 5.97 Å². The molecule has 1 N–H and O–H groups in total. The number of rotatable bonds is 19. The number of nitrogens with zero attached hydrogens (tertiary/aromatic N) is 2. The molecule has 1 unspecified atom stereocenters. The number of carboxylic acid groups (broad SMARTS) is 1. The number of carbonyl (C=O) groups is 1. The minimum absolute atomic E-state index is 0.262. The van der Waals surface area contributed by atoms with E-state index in [0.717, 1.165) is 55.8 Å². The van der Waals surface area contributed by atoms with Gasteiger partial charge in [-0.2, -0.15) is 0 Å². The summed E-state index contributed by atoms with van der Waals surface area (Å²) in [7, 11) is 4.19. The van der Waals surface area contributed by atoms with E-state index >= 15 is 0 Å². The van der Waals surface area contributed by atoms with Crippen molar-refractivity contribution in [1.82, 2.24) is 9.88 Å². The second kappa shape index (κ2) is 24.8. The summed E-state index contributed by atoms with van der Waals surface area (Å²) in [6.45, 7) is 3.26. The molecule has 0 aliphatic carbocycles. The lowest BCUT2D eigenvalue weighted by Crippen LogP contribution is -2.17. The van der Waals surface area contributed by atoms with Crippen molar-refractivity contribution in [1.29, 1.82) is 0 Å². The van der Waals surface area contributed by atoms with Gasteiger partial charge in [-0.25, -0.2) is 0 Å². The Kier molecular flexibility index (Phi) is 21.8. The molecule has 2 rings (SSSR count). The van der Waals surface area contributed by atoms with Crippen LogP contribution in [0.4, 0.5) is 0 Å². The lowest BCUT2D eigenvalue weighted by molar-refractivity contribution is -0.137. The SMILES string of the molecule is CCCCC/C=C\C/C=C\C/C=C\C/C=C\CCCC(=O)O.CN(C)CCC(c1ccc(Cl)cc1)c1ccccn1. The Morgan fingerprint density at radius 2 is 1.44 bits per heavy atom. The second-order valence-corrected chi connectivity index (χ2v) is 10.8. The number of pyridine rings is 1. The maximum absolute atomic E-state index is 10.3. The van der Waals surface area contributed by atoms with Crippen LogP contribution >= 0.6 is 11.6 Å². The summed E-state index contributed by atoms with van der Waals surface area (Å²) >= 11 is 5.97. The Labute approximate surface area is 254 Å². The van der Waals surface area contributed by atoms with Gasteiger partial charge in [0.15, 0.2) is 0 Å². The van der Waals surface area contributed by atoms with Crippen LogP contribution in [-0.4, -0.2) is 41.6 Å². The molecule has 1 aromatic heterocycles. The minimum Gasteiger partial charge on any atom is -0.481 e. The van der Waals surface area contributed by atoms with E-state index in [9.17, 15) is 4.79 Å². The van der Waals surface area contributed by atoms with Crippen molar-refractivity contribution in [2.24, 2.45) is 0 Å². The zero-order valence-electron chi connectivity index (χ0n) is 25.4. The van der Waals surface area contributed by atoms with Crippen molar-refractivity contribution >= 4 is 17.6 Å². The molecule has 224 valence electrons. The smallest absolute Gasteiger partial charge is 0.303 e. The highest BCUT2D eigenvalue weighted by Gasteiger charge is 2.15. The van der Waals surface area contributed by atoms with Crippen molar-refractivity contribution in [2.45, 2.75) is 83.5 Å². The van der Waals surface area contributed by atoms with Crippen molar-refractivity contribution in [3.05, 3.63) is 114 Å². The van der Waals surface area contributed by atoms with E-state index in [2.05, 4.69) is 97.7 Å². The Balaban J connectivity index is 0.000000413. The van der Waals surface area contributed by atoms with Crippen LogP contribution in [0, 0.1) is 0 Å². The molecule has 0 fully saturated rings. The van der Waals surface area contributed by atoms with Gasteiger partial charge in [0.05, 0.1) is 0 Å². The fraction of sp³-hybridized carbons (Fsp3) is 0.444. The van der Waals surface area contributed by atoms with Crippen LogP contribution in [0.25, 0.3) is 0 Å². The molecule has 2 aromatic rings. The predicted octanol–water partition coefficient (Wildman–Crippen LogP) is 10.0. The molecule has 0 aliphatic rings. The average molecular weight is 579 g/mol. The molecule has 1 aromatic carbocycles. The summed E-state index contributed by atoms with van der Waals surface area (Å²) < 4.78 is 0. The molecule has 0 bridgehead atoms. The zero-order chi connectivity index (χ0) is 30.0. The molecule has 1 heterocycles. The quantitative estimate of drug-likeness (QED) is 0.133. The number of hydrogen-bond donors (Lipinski definition) is 1. The predicted molar refractivity (Wildman–Crippen MR) is 177 cm³/mol. The fourth-order valence-corrected chi connectivity index (χ4v) is 4.21. The number of halogens is 1. The van der Waals surface area contributed by atoms with Gasteiger partial charge in [0.1, 0.15) is 0 Å². The van der Waals surface area contributed by atoms with Crippen molar-refractivity contribution in [3.8, 4) is 0 Å². The summed E-state index contributed by atoms with van der Waals surface area (Å²) in [5, 5.41) is 9.27. The van der Waals surface area contributed by atoms with Crippen LogP contribution in [0.1, 0.15) is 94.7 Å². The third-order valence-corrected chi connectivity index (χ3v) is 6.65. The number of carboxylic acids is 1. The first-order valence-corrected chi connectivity index (χ1v) is 15.4. The number of unbranched alkanes of at least 4 members (excludes halogenated alkanes) is 4. The van der Waals surface area contributed by atoms with Crippen LogP contribution < -0.4 is 0 Å². The maximum Gasteiger partial charge on any atom is 0.303 e. The monoisotopic (exact) mass is 578 g/mol. The molecule has 4 nitrogen and oxygen atoms in total. The van der Waals surface area contributed by atoms with Gasteiger partial charge in [0, 0.05) is 29.3 Å². The van der Waals surface area contributed by atoms with Gasteiger partial charge in [-0.05, 0) is 102 Å². The topological polar surface area (TPSA) is 53.4 Å². The van der Waals surface area contributed by atoms with E-state index in [0.29, 0.717) is 5.92 Å². The van der Waals surface area contributed by atoms with Crippen LogP contribution in [-0.2, 0) is 4.79 Å². The first-order valence-electron chi connectivity index (χ1n) is 15.1.